The Kier molecular flexibility index (Phi) is 4.01. The second-order valence-corrected chi connectivity index (χ2v) is 5.88. The minimum atomic E-state index is -0.374. The van der Waals surface area contributed by atoms with Gasteiger partial charge in [0.25, 0.3) is 5.69 Å². The van der Waals surface area contributed by atoms with E-state index in [-0.39, 0.29) is 16.7 Å². The molecule has 1 atom stereocenters. The highest BCUT2D eigenvalue weighted by Gasteiger charge is 2.19. The van der Waals surface area contributed by atoms with Crippen molar-refractivity contribution in [1.82, 2.24) is 0 Å². The summed E-state index contributed by atoms with van der Waals surface area (Å²) < 4.78 is 0. The summed E-state index contributed by atoms with van der Waals surface area (Å²) in [6.45, 7) is 0. The molecule has 0 saturated carbocycles. The molecule has 4 nitrogen and oxygen atoms in total. The van der Waals surface area contributed by atoms with Gasteiger partial charge in [-0.25, -0.2) is 0 Å². The van der Waals surface area contributed by atoms with Crippen LogP contribution >= 0.6 is 11.3 Å². The predicted molar refractivity (Wildman–Crippen MR) is 86.7 cm³/mol. The van der Waals surface area contributed by atoms with E-state index in [1.807, 2.05) is 0 Å². The normalized spacial score (nSPS) is 18.1. The molecule has 1 heterocycles. The summed E-state index contributed by atoms with van der Waals surface area (Å²) in [7, 11) is 0. The molecule has 5 heteroatoms. The van der Waals surface area contributed by atoms with E-state index in [1.165, 1.54) is 11.1 Å². The molecule has 1 aliphatic carbocycles. The SMILES string of the molecule is O=[N+]([O-])c1ccc(NC2CCCC=C2c2ccsc2)cc1. The summed E-state index contributed by atoms with van der Waals surface area (Å²) in [6.07, 6.45) is 5.66. The van der Waals surface area contributed by atoms with Gasteiger partial charge in [-0.1, -0.05) is 6.08 Å². The zero-order valence-electron chi connectivity index (χ0n) is 11.5. The Labute approximate surface area is 127 Å². The molecule has 0 spiro atoms. The van der Waals surface area contributed by atoms with Crippen molar-refractivity contribution in [3.05, 3.63) is 62.8 Å². The Hall–Kier alpha value is -2.14. The third-order valence-electron chi connectivity index (χ3n) is 3.71. The smallest absolute Gasteiger partial charge is 0.269 e. The lowest BCUT2D eigenvalue weighted by atomic mass is 9.90. The number of non-ortho nitro benzene ring substituents is 1. The van der Waals surface area contributed by atoms with Gasteiger partial charge in [0.15, 0.2) is 0 Å². The van der Waals surface area contributed by atoms with E-state index in [0.29, 0.717) is 0 Å². The third-order valence-corrected chi connectivity index (χ3v) is 4.39. The molecule has 0 radical (unpaired) electrons. The Morgan fingerprint density at radius 2 is 2.05 bits per heavy atom. The molecule has 21 heavy (non-hydrogen) atoms. The first-order valence-electron chi connectivity index (χ1n) is 6.97. The van der Waals surface area contributed by atoms with Gasteiger partial charge < -0.3 is 5.32 Å². The second-order valence-electron chi connectivity index (χ2n) is 5.10. The summed E-state index contributed by atoms with van der Waals surface area (Å²) in [5.74, 6) is 0. The fourth-order valence-electron chi connectivity index (χ4n) is 2.66. The van der Waals surface area contributed by atoms with Crippen molar-refractivity contribution in [2.45, 2.75) is 25.3 Å². The molecule has 108 valence electrons. The van der Waals surface area contributed by atoms with E-state index in [1.54, 1.807) is 35.6 Å². The van der Waals surface area contributed by atoms with Crippen molar-refractivity contribution >= 4 is 28.3 Å². The molecule has 3 rings (SSSR count). The number of nitro benzene ring substituents is 1. The standard InChI is InChI=1S/C16H16N2O2S/c19-18(20)14-7-5-13(6-8-14)17-16-4-2-1-3-15(16)12-9-10-21-11-12/h3,5-11,16-17H,1-2,4H2. The van der Waals surface area contributed by atoms with Gasteiger partial charge in [-0.15, -0.1) is 0 Å². The van der Waals surface area contributed by atoms with Crippen LogP contribution in [0, 0.1) is 10.1 Å². The summed E-state index contributed by atoms with van der Waals surface area (Å²) >= 11 is 1.70. The predicted octanol–water partition coefficient (Wildman–Crippen LogP) is 4.70. The highest BCUT2D eigenvalue weighted by Crippen LogP contribution is 2.31. The van der Waals surface area contributed by atoms with Crippen molar-refractivity contribution in [3.8, 4) is 0 Å². The topological polar surface area (TPSA) is 55.2 Å². The van der Waals surface area contributed by atoms with Gasteiger partial charge in [-0.2, -0.15) is 11.3 Å². The van der Waals surface area contributed by atoms with Gasteiger partial charge in [0.05, 0.1) is 11.0 Å². The highest BCUT2D eigenvalue weighted by molar-refractivity contribution is 7.08. The van der Waals surface area contributed by atoms with Gasteiger partial charge in [0.2, 0.25) is 0 Å². The first kappa shape index (κ1) is 13.8. The number of benzene rings is 1. The van der Waals surface area contributed by atoms with E-state index < -0.39 is 0 Å². The molecule has 0 saturated heterocycles. The van der Waals surface area contributed by atoms with Crippen molar-refractivity contribution < 1.29 is 4.92 Å². The van der Waals surface area contributed by atoms with E-state index in [0.717, 1.165) is 24.9 Å². The minimum absolute atomic E-state index is 0.123. The molecular weight excluding hydrogens is 284 g/mol. The molecule has 1 unspecified atom stereocenters. The number of thiophene rings is 1. The minimum Gasteiger partial charge on any atom is -0.378 e. The van der Waals surface area contributed by atoms with Crippen LogP contribution in [-0.4, -0.2) is 11.0 Å². The van der Waals surface area contributed by atoms with Crippen LogP contribution in [0.15, 0.2) is 47.2 Å². The van der Waals surface area contributed by atoms with Crippen molar-refractivity contribution in [2.75, 3.05) is 5.32 Å². The number of allylic oxidation sites excluding steroid dienone is 1. The first-order chi connectivity index (χ1) is 10.2. The number of nitrogens with zero attached hydrogens (tertiary/aromatic N) is 1. The second kappa shape index (κ2) is 6.10. The van der Waals surface area contributed by atoms with Crippen LogP contribution in [0.3, 0.4) is 0 Å². The van der Waals surface area contributed by atoms with Crippen LogP contribution in [0.2, 0.25) is 0 Å². The quantitative estimate of drug-likeness (QED) is 0.657. The lowest BCUT2D eigenvalue weighted by Gasteiger charge is -2.26. The Morgan fingerprint density at radius 1 is 1.24 bits per heavy atom. The maximum atomic E-state index is 10.7. The lowest BCUT2D eigenvalue weighted by molar-refractivity contribution is -0.384. The zero-order chi connectivity index (χ0) is 14.7. The number of hydrogen-bond donors (Lipinski definition) is 1. The van der Waals surface area contributed by atoms with E-state index in [4.69, 9.17) is 0 Å². The average Bonchev–Trinajstić information content (AvgIpc) is 3.02. The van der Waals surface area contributed by atoms with Gasteiger partial charge in [-0.05, 0) is 59.4 Å². The van der Waals surface area contributed by atoms with Gasteiger partial charge in [0.1, 0.15) is 0 Å². The molecule has 1 aromatic heterocycles. The van der Waals surface area contributed by atoms with Crippen LogP contribution < -0.4 is 5.32 Å². The third kappa shape index (κ3) is 3.13. The molecule has 0 amide bonds. The van der Waals surface area contributed by atoms with Gasteiger partial charge in [0, 0.05) is 17.8 Å². The van der Waals surface area contributed by atoms with Crippen LogP contribution in [0.4, 0.5) is 11.4 Å². The summed E-state index contributed by atoms with van der Waals surface area (Å²) in [4.78, 5) is 10.3. The fraction of sp³-hybridized carbons (Fsp3) is 0.250. The summed E-state index contributed by atoms with van der Waals surface area (Å²) in [6, 6.07) is 9.05. The molecule has 2 aromatic rings. The average molecular weight is 300 g/mol. The summed E-state index contributed by atoms with van der Waals surface area (Å²) in [5.41, 5.74) is 3.66. The van der Waals surface area contributed by atoms with Crippen molar-refractivity contribution in [3.63, 3.8) is 0 Å². The molecule has 1 aliphatic rings. The summed E-state index contributed by atoms with van der Waals surface area (Å²) in [5, 5.41) is 18.4. The van der Waals surface area contributed by atoms with Crippen LogP contribution in [0.1, 0.15) is 24.8 Å². The number of hydrogen-bond acceptors (Lipinski definition) is 4. The monoisotopic (exact) mass is 300 g/mol. The lowest BCUT2D eigenvalue weighted by Crippen LogP contribution is -2.23. The first-order valence-corrected chi connectivity index (χ1v) is 7.92. The van der Waals surface area contributed by atoms with Gasteiger partial charge in [-0.3, -0.25) is 10.1 Å². The number of anilines is 1. The number of rotatable bonds is 4. The molecular formula is C16H16N2O2S. The Bertz CT molecular complexity index is 647. The number of nitro groups is 1. The van der Waals surface area contributed by atoms with E-state index in [9.17, 15) is 10.1 Å². The molecule has 0 aliphatic heterocycles. The highest BCUT2D eigenvalue weighted by atomic mass is 32.1. The van der Waals surface area contributed by atoms with E-state index >= 15 is 0 Å². The molecule has 1 aromatic carbocycles. The molecule has 1 N–H and O–H groups in total. The van der Waals surface area contributed by atoms with Gasteiger partial charge >= 0.3 is 0 Å². The fourth-order valence-corrected chi connectivity index (χ4v) is 3.32. The number of nitrogens with one attached hydrogen (secondary N) is 1. The molecule has 0 bridgehead atoms. The Morgan fingerprint density at radius 3 is 2.71 bits per heavy atom. The molecule has 0 fully saturated rings. The van der Waals surface area contributed by atoms with Crippen molar-refractivity contribution in [2.24, 2.45) is 0 Å². The largest absolute Gasteiger partial charge is 0.378 e. The zero-order valence-corrected chi connectivity index (χ0v) is 12.3. The van der Waals surface area contributed by atoms with Crippen LogP contribution in [0.5, 0.6) is 0 Å². The maximum absolute atomic E-state index is 10.7. The van der Waals surface area contributed by atoms with E-state index in [2.05, 4.69) is 28.2 Å². The van der Waals surface area contributed by atoms with Crippen LogP contribution in [0.25, 0.3) is 5.57 Å². The van der Waals surface area contributed by atoms with Crippen molar-refractivity contribution in [1.29, 1.82) is 0 Å². The Balaban J connectivity index is 1.78. The van der Waals surface area contributed by atoms with Crippen LogP contribution in [-0.2, 0) is 0 Å². The maximum Gasteiger partial charge on any atom is 0.269 e.